The van der Waals surface area contributed by atoms with Crippen LogP contribution in [0.3, 0.4) is 0 Å². The van der Waals surface area contributed by atoms with E-state index in [-0.39, 0.29) is 5.56 Å². The van der Waals surface area contributed by atoms with Gasteiger partial charge in [0.2, 0.25) is 0 Å². The minimum atomic E-state index is -0.101. The van der Waals surface area contributed by atoms with E-state index in [0.29, 0.717) is 5.65 Å². The molecule has 0 spiro atoms. The summed E-state index contributed by atoms with van der Waals surface area (Å²) in [5.74, 6) is 0. The molecule has 106 valence electrons. The molecular weight excluding hydrogens is 274 g/mol. The predicted molar refractivity (Wildman–Crippen MR) is 86.2 cm³/mol. The monoisotopic (exact) mass is 287 g/mol. The van der Waals surface area contributed by atoms with Crippen molar-refractivity contribution in [2.24, 2.45) is 0 Å². The fraction of sp³-hybridized carbons (Fsp3) is 0. The van der Waals surface area contributed by atoms with Crippen LogP contribution >= 0.6 is 0 Å². The summed E-state index contributed by atoms with van der Waals surface area (Å²) in [5, 5.41) is 0. The predicted octanol–water partition coefficient (Wildman–Crippen LogP) is 3.15. The fourth-order valence-corrected chi connectivity index (χ4v) is 2.64. The number of rotatable bonds is 2. The van der Waals surface area contributed by atoms with E-state index in [9.17, 15) is 4.79 Å². The maximum Gasteiger partial charge on any atom is 0.273 e. The second kappa shape index (κ2) is 5.00. The average Bonchev–Trinajstić information content (AvgIpc) is 2.97. The maximum atomic E-state index is 12.3. The molecule has 2 aromatic heterocycles. The molecular formula is C18H13N3O. The summed E-state index contributed by atoms with van der Waals surface area (Å²) in [6.45, 7) is 0. The summed E-state index contributed by atoms with van der Waals surface area (Å²) in [6, 6.07) is 23.2. The maximum absolute atomic E-state index is 12.3. The minimum Gasteiger partial charge on any atom is -0.267 e. The summed E-state index contributed by atoms with van der Waals surface area (Å²) in [6.07, 6.45) is 1.54. The highest BCUT2D eigenvalue weighted by Gasteiger charge is 2.13. The number of nitrogens with zero attached hydrogens (tertiary/aromatic N) is 3. The largest absolute Gasteiger partial charge is 0.273 e. The first-order valence-corrected chi connectivity index (χ1v) is 7.05. The zero-order valence-corrected chi connectivity index (χ0v) is 11.8. The molecule has 0 fully saturated rings. The Labute approximate surface area is 126 Å². The van der Waals surface area contributed by atoms with Gasteiger partial charge >= 0.3 is 0 Å². The zero-order chi connectivity index (χ0) is 14.9. The van der Waals surface area contributed by atoms with Gasteiger partial charge in [-0.3, -0.25) is 4.79 Å². The Morgan fingerprint density at radius 2 is 1.50 bits per heavy atom. The van der Waals surface area contributed by atoms with E-state index in [2.05, 4.69) is 4.98 Å². The van der Waals surface area contributed by atoms with Crippen LogP contribution in [-0.4, -0.2) is 14.2 Å². The van der Waals surface area contributed by atoms with E-state index in [4.69, 9.17) is 0 Å². The van der Waals surface area contributed by atoms with Crippen molar-refractivity contribution in [3.63, 3.8) is 0 Å². The third kappa shape index (κ3) is 1.93. The Hall–Kier alpha value is -3.14. The third-order valence-electron chi connectivity index (χ3n) is 3.61. The van der Waals surface area contributed by atoms with Crippen molar-refractivity contribution in [3.8, 4) is 16.9 Å². The molecule has 4 nitrogen and oxygen atoms in total. The molecule has 0 unspecified atom stereocenters. The summed E-state index contributed by atoms with van der Waals surface area (Å²) in [5.41, 5.74) is 3.43. The molecule has 0 amide bonds. The lowest BCUT2D eigenvalue weighted by Gasteiger charge is -2.10. The first-order chi connectivity index (χ1) is 10.8. The molecule has 0 N–H and O–H groups in total. The summed E-state index contributed by atoms with van der Waals surface area (Å²) in [7, 11) is 0. The van der Waals surface area contributed by atoms with Gasteiger partial charge in [-0.05, 0) is 12.1 Å². The van der Waals surface area contributed by atoms with E-state index in [1.54, 1.807) is 10.7 Å². The molecule has 4 aromatic rings. The highest BCUT2D eigenvalue weighted by molar-refractivity contribution is 5.67. The van der Waals surface area contributed by atoms with Gasteiger partial charge in [-0.2, -0.15) is 4.52 Å². The van der Waals surface area contributed by atoms with Crippen molar-refractivity contribution in [3.05, 3.63) is 89.3 Å². The van der Waals surface area contributed by atoms with Crippen molar-refractivity contribution < 1.29 is 0 Å². The van der Waals surface area contributed by atoms with Gasteiger partial charge in [-0.25, -0.2) is 9.67 Å². The van der Waals surface area contributed by atoms with Gasteiger partial charge in [-0.15, -0.1) is 0 Å². The van der Waals surface area contributed by atoms with Crippen LogP contribution in [0.5, 0.6) is 0 Å². The van der Waals surface area contributed by atoms with E-state index >= 15 is 0 Å². The molecule has 0 radical (unpaired) electrons. The summed E-state index contributed by atoms with van der Waals surface area (Å²) < 4.78 is 3.50. The molecule has 22 heavy (non-hydrogen) atoms. The van der Waals surface area contributed by atoms with Gasteiger partial charge in [-0.1, -0.05) is 48.5 Å². The van der Waals surface area contributed by atoms with E-state index in [0.717, 1.165) is 16.9 Å². The Kier molecular flexibility index (Phi) is 2.86. The lowest BCUT2D eigenvalue weighted by molar-refractivity contribution is 0.770. The molecule has 4 heteroatoms. The van der Waals surface area contributed by atoms with Crippen LogP contribution < -0.4 is 5.56 Å². The van der Waals surface area contributed by atoms with Crippen molar-refractivity contribution in [1.82, 2.24) is 14.2 Å². The number of hydrogen-bond donors (Lipinski definition) is 0. The van der Waals surface area contributed by atoms with Gasteiger partial charge < -0.3 is 0 Å². The van der Waals surface area contributed by atoms with Crippen molar-refractivity contribution in [2.45, 2.75) is 0 Å². The average molecular weight is 287 g/mol. The van der Waals surface area contributed by atoms with Crippen LogP contribution in [0.1, 0.15) is 0 Å². The van der Waals surface area contributed by atoms with Crippen LogP contribution in [0.4, 0.5) is 0 Å². The number of benzene rings is 2. The normalized spacial score (nSPS) is 10.9. The molecule has 4 rings (SSSR count). The van der Waals surface area contributed by atoms with Crippen LogP contribution in [0.15, 0.2) is 83.8 Å². The van der Waals surface area contributed by atoms with Crippen LogP contribution in [-0.2, 0) is 0 Å². The van der Waals surface area contributed by atoms with Gasteiger partial charge in [0.05, 0.1) is 11.4 Å². The van der Waals surface area contributed by atoms with Gasteiger partial charge in [0.15, 0.2) is 5.65 Å². The Bertz CT molecular complexity index is 985. The van der Waals surface area contributed by atoms with E-state index < -0.39 is 0 Å². The highest BCUT2D eigenvalue weighted by atomic mass is 16.1. The van der Waals surface area contributed by atoms with Crippen LogP contribution in [0.25, 0.3) is 22.6 Å². The van der Waals surface area contributed by atoms with E-state index in [1.807, 2.05) is 71.4 Å². The smallest absolute Gasteiger partial charge is 0.267 e. The molecule has 2 heterocycles. The van der Waals surface area contributed by atoms with Gasteiger partial charge in [0.25, 0.3) is 5.56 Å². The highest BCUT2D eigenvalue weighted by Crippen LogP contribution is 2.24. The summed E-state index contributed by atoms with van der Waals surface area (Å²) >= 11 is 0. The third-order valence-corrected chi connectivity index (χ3v) is 3.61. The van der Waals surface area contributed by atoms with Crippen molar-refractivity contribution in [1.29, 1.82) is 0 Å². The Balaban J connectivity index is 2.14. The number of hydrogen-bond acceptors (Lipinski definition) is 2. The lowest BCUT2D eigenvalue weighted by Crippen LogP contribution is -2.19. The van der Waals surface area contributed by atoms with Crippen LogP contribution in [0.2, 0.25) is 0 Å². The quantitative estimate of drug-likeness (QED) is 0.568. The number of para-hydroxylation sites is 1. The van der Waals surface area contributed by atoms with Gasteiger partial charge in [0, 0.05) is 23.9 Å². The first kappa shape index (κ1) is 12.6. The molecule has 0 aliphatic rings. The molecule has 0 saturated heterocycles. The minimum absolute atomic E-state index is 0.101. The topological polar surface area (TPSA) is 39.3 Å². The van der Waals surface area contributed by atoms with E-state index in [1.165, 1.54) is 6.07 Å². The molecule has 0 saturated carbocycles. The number of aromatic nitrogens is 3. The SMILES string of the molecule is O=c1ccnc2cc(-c3ccccc3)n(-c3ccccc3)n12. The Morgan fingerprint density at radius 3 is 2.23 bits per heavy atom. The zero-order valence-electron chi connectivity index (χ0n) is 11.8. The standard InChI is InChI=1S/C18H13N3O/c22-18-11-12-19-17-13-16(14-7-3-1-4-8-14)20(21(17)18)15-9-5-2-6-10-15/h1-13H. The van der Waals surface area contributed by atoms with Crippen molar-refractivity contribution in [2.75, 3.05) is 0 Å². The summed E-state index contributed by atoms with van der Waals surface area (Å²) in [4.78, 5) is 16.6. The fourth-order valence-electron chi connectivity index (χ4n) is 2.64. The van der Waals surface area contributed by atoms with Crippen molar-refractivity contribution >= 4 is 5.65 Å². The second-order valence-electron chi connectivity index (χ2n) is 5.00. The molecule has 0 aliphatic heterocycles. The van der Waals surface area contributed by atoms with Crippen LogP contribution in [0, 0.1) is 0 Å². The second-order valence-corrected chi connectivity index (χ2v) is 5.00. The lowest BCUT2D eigenvalue weighted by atomic mass is 10.1. The molecule has 2 aromatic carbocycles. The molecule has 0 atom stereocenters. The molecule has 0 bridgehead atoms. The van der Waals surface area contributed by atoms with Gasteiger partial charge in [0.1, 0.15) is 0 Å². The molecule has 0 aliphatic carbocycles. The first-order valence-electron chi connectivity index (χ1n) is 7.05. The Morgan fingerprint density at radius 1 is 0.818 bits per heavy atom. The number of fused-ring (bicyclic) bond motifs is 1.